The van der Waals surface area contributed by atoms with E-state index in [0.29, 0.717) is 17.7 Å². The Morgan fingerprint density at radius 1 is 1.00 bits per heavy atom. The van der Waals surface area contributed by atoms with Gasteiger partial charge < -0.3 is 4.90 Å². The van der Waals surface area contributed by atoms with E-state index in [1.165, 1.54) is 6.42 Å². The molecule has 0 amide bonds. The summed E-state index contributed by atoms with van der Waals surface area (Å²) in [5, 5.41) is 0. The molecule has 2 fully saturated rings. The first-order chi connectivity index (χ1) is 11.4. The second-order valence-electron chi connectivity index (χ2n) is 7.68. The first-order valence-electron chi connectivity index (χ1n) is 8.97. The molecular formula is C19H29F2N3. The topological polar surface area (TPSA) is 9.72 Å². The van der Waals surface area contributed by atoms with Crippen molar-refractivity contribution < 1.29 is 8.78 Å². The summed E-state index contributed by atoms with van der Waals surface area (Å²) in [5.74, 6) is -1.38. The molecule has 1 spiro atoms. The highest BCUT2D eigenvalue weighted by atomic mass is 19.2. The zero-order valence-electron chi connectivity index (χ0n) is 15.1. The lowest BCUT2D eigenvalue weighted by atomic mass is 9.85. The van der Waals surface area contributed by atoms with Crippen molar-refractivity contribution in [2.75, 3.05) is 46.8 Å². The Morgan fingerprint density at radius 2 is 1.71 bits per heavy atom. The van der Waals surface area contributed by atoms with Gasteiger partial charge in [0.05, 0.1) is 0 Å². The molecule has 0 aromatic heterocycles. The zero-order valence-corrected chi connectivity index (χ0v) is 15.1. The van der Waals surface area contributed by atoms with Gasteiger partial charge in [0.2, 0.25) is 0 Å². The number of halogens is 2. The molecule has 2 aliphatic rings. The van der Waals surface area contributed by atoms with Crippen LogP contribution in [0.2, 0.25) is 0 Å². The number of nitrogens with zero attached hydrogens (tertiary/aromatic N) is 3. The van der Waals surface area contributed by atoms with Crippen LogP contribution in [0.4, 0.5) is 8.78 Å². The molecule has 0 saturated carbocycles. The largest absolute Gasteiger partial charge is 0.304 e. The van der Waals surface area contributed by atoms with E-state index >= 15 is 0 Å². The van der Waals surface area contributed by atoms with E-state index in [0.717, 1.165) is 45.6 Å². The fourth-order valence-corrected chi connectivity index (χ4v) is 4.23. The van der Waals surface area contributed by atoms with Gasteiger partial charge in [-0.2, -0.15) is 0 Å². The molecule has 0 N–H and O–H groups in total. The maximum Gasteiger partial charge on any atom is 0.163 e. The Bertz CT molecular complexity index is 582. The van der Waals surface area contributed by atoms with E-state index in [2.05, 4.69) is 28.8 Å². The van der Waals surface area contributed by atoms with Crippen LogP contribution in [0.25, 0.3) is 0 Å². The van der Waals surface area contributed by atoms with Gasteiger partial charge in [-0.3, -0.25) is 9.80 Å². The number of piperidine rings is 1. The van der Waals surface area contributed by atoms with Crippen molar-refractivity contribution in [1.82, 2.24) is 14.7 Å². The molecule has 3 rings (SSSR count). The van der Waals surface area contributed by atoms with E-state index in [1.807, 2.05) is 0 Å². The van der Waals surface area contributed by atoms with Crippen LogP contribution in [0.3, 0.4) is 0 Å². The summed E-state index contributed by atoms with van der Waals surface area (Å²) in [5.41, 5.74) is 1.08. The van der Waals surface area contributed by atoms with E-state index in [1.54, 1.807) is 19.1 Å². The van der Waals surface area contributed by atoms with Crippen LogP contribution in [-0.4, -0.2) is 67.1 Å². The van der Waals surface area contributed by atoms with Crippen molar-refractivity contribution in [3.05, 3.63) is 34.9 Å². The van der Waals surface area contributed by atoms with Gasteiger partial charge >= 0.3 is 0 Å². The van der Waals surface area contributed by atoms with Crippen molar-refractivity contribution in [1.29, 1.82) is 0 Å². The lowest BCUT2D eigenvalue weighted by molar-refractivity contribution is 0.0292. The molecule has 2 aliphatic heterocycles. The van der Waals surface area contributed by atoms with Crippen molar-refractivity contribution in [2.24, 2.45) is 0 Å². The Balaban J connectivity index is 1.66. The van der Waals surface area contributed by atoms with Gasteiger partial charge in [-0.1, -0.05) is 12.1 Å². The van der Waals surface area contributed by atoms with Crippen LogP contribution in [0.5, 0.6) is 0 Å². The molecule has 2 saturated heterocycles. The summed E-state index contributed by atoms with van der Waals surface area (Å²) in [4.78, 5) is 7.23. The Morgan fingerprint density at radius 3 is 2.42 bits per heavy atom. The van der Waals surface area contributed by atoms with Crippen LogP contribution in [-0.2, 0) is 6.54 Å². The standard InChI is InChI=1S/C19H29F2N3/c1-15-5-6-16(18(21)17(15)20)13-24-11-7-19(8-12-24)14-22(2)9-4-10-23(19)3/h5-6H,4,7-14H2,1-3H3. The minimum Gasteiger partial charge on any atom is -0.304 e. The summed E-state index contributed by atoms with van der Waals surface area (Å²) < 4.78 is 27.9. The monoisotopic (exact) mass is 337 g/mol. The highest BCUT2D eigenvalue weighted by Gasteiger charge is 2.40. The van der Waals surface area contributed by atoms with Crippen LogP contribution >= 0.6 is 0 Å². The van der Waals surface area contributed by atoms with Crippen molar-refractivity contribution >= 4 is 0 Å². The molecule has 0 unspecified atom stereocenters. The number of benzene rings is 1. The Labute approximate surface area is 144 Å². The van der Waals surface area contributed by atoms with E-state index < -0.39 is 11.6 Å². The summed E-state index contributed by atoms with van der Waals surface area (Å²) >= 11 is 0. The fraction of sp³-hybridized carbons (Fsp3) is 0.684. The highest BCUT2D eigenvalue weighted by molar-refractivity contribution is 5.25. The molecular weight excluding hydrogens is 308 g/mol. The van der Waals surface area contributed by atoms with Crippen molar-refractivity contribution in [3.63, 3.8) is 0 Å². The number of hydrogen-bond donors (Lipinski definition) is 0. The molecule has 134 valence electrons. The van der Waals surface area contributed by atoms with Gasteiger partial charge in [0.25, 0.3) is 0 Å². The summed E-state index contributed by atoms with van der Waals surface area (Å²) in [6, 6.07) is 3.40. The molecule has 1 aromatic carbocycles. The third-order valence-corrected chi connectivity index (χ3v) is 5.94. The number of likely N-dealkylation sites (N-methyl/N-ethyl adjacent to an activating group) is 2. The Hall–Kier alpha value is -1.04. The van der Waals surface area contributed by atoms with Crippen LogP contribution < -0.4 is 0 Å². The third-order valence-electron chi connectivity index (χ3n) is 5.94. The van der Waals surface area contributed by atoms with Crippen molar-refractivity contribution in [3.8, 4) is 0 Å². The number of rotatable bonds is 2. The molecule has 0 bridgehead atoms. The Kier molecular flexibility index (Phi) is 5.23. The first-order valence-corrected chi connectivity index (χ1v) is 8.97. The van der Waals surface area contributed by atoms with E-state index in [-0.39, 0.29) is 5.54 Å². The summed E-state index contributed by atoms with van der Waals surface area (Å²) in [6.07, 6.45) is 3.39. The number of aryl methyl sites for hydroxylation is 1. The van der Waals surface area contributed by atoms with Crippen LogP contribution in [0, 0.1) is 18.6 Å². The zero-order chi connectivity index (χ0) is 17.3. The van der Waals surface area contributed by atoms with Gasteiger partial charge in [-0.05, 0) is 58.9 Å². The van der Waals surface area contributed by atoms with Gasteiger partial charge in [0.1, 0.15) is 0 Å². The normalized spacial score (nSPS) is 23.5. The molecule has 5 heteroatoms. The maximum atomic E-state index is 14.1. The molecule has 24 heavy (non-hydrogen) atoms. The molecule has 0 aliphatic carbocycles. The summed E-state index contributed by atoms with van der Waals surface area (Å²) in [7, 11) is 4.45. The molecule has 0 radical (unpaired) electrons. The van der Waals surface area contributed by atoms with Crippen molar-refractivity contribution in [2.45, 2.75) is 38.3 Å². The molecule has 2 heterocycles. The van der Waals surface area contributed by atoms with Gasteiger partial charge in [0, 0.05) is 37.3 Å². The summed E-state index contributed by atoms with van der Waals surface area (Å²) in [6.45, 7) is 7.38. The fourth-order valence-electron chi connectivity index (χ4n) is 4.23. The van der Waals surface area contributed by atoms with E-state index in [4.69, 9.17) is 0 Å². The lowest BCUT2D eigenvalue weighted by Gasteiger charge is -2.47. The second kappa shape index (κ2) is 7.06. The number of hydrogen-bond acceptors (Lipinski definition) is 3. The minimum absolute atomic E-state index is 0.235. The third kappa shape index (κ3) is 3.48. The van der Waals surface area contributed by atoms with E-state index in [9.17, 15) is 8.78 Å². The SMILES string of the molecule is Cc1ccc(CN2CCC3(CC2)CN(C)CCCN3C)c(F)c1F. The quantitative estimate of drug-likeness (QED) is 0.822. The van der Waals surface area contributed by atoms with Crippen LogP contribution in [0.15, 0.2) is 12.1 Å². The smallest absolute Gasteiger partial charge is 0.163 e. The average molecular weight is 337 g/mol. The van der Waals surface area contributed by atoms with Crippen LogP contribution in [0.1, 0.15) is 30.4 Å². The number of likely N-dealkylation sites (tertiary alicyclic amines) is 1. The predicted octanol–water partition coefficient (Wildman–Crippen LogP) is 2.88. The van der Waals surface area contributed by atoms with Gasteiger partial charge in [-0.25, -0.2) is 8.78 Å². The lowest BCUT2D eigenvalue weighted by Crippen LogP contribution is -2.57. The minimum atomic E-state index is -0.703. The molecule has 1 aromatic rings. The maximum absolute atomic E-state index is 14.1. The molecule has 0 atom stereocenters. The second-order valence-corrected chi connectivity index (χ2v) is 7.68. The average Bonchev–Trinajstić information content (AvgIpc) is 2.69. The molecule has 3 nitrogen and oxygen atoms in total. The predicted molar refractivity (Wildman–Crippen MR) is 93.1 cm³/mol. The first kappa shape index (κ1) is 17.8. The highest BCUT2D eigenvalue weighted by Crippen LogP contribution is 2.31. The van der Waals surface area contributed by atoms with Gasteiger partial charge in [0.15, 0.2) is 11.6 Å². The van der Waals surface area contributed by atoms with Gasteiger partial charge in [-0.15, -0.1) is 0 Å².